The van der Waals surface area contributed by atoms with Gasteiger partial charge in [0.2, 0.25) is 0 Å². The van der Waals surface area contributed by atoms with Crippen molar-refractivity contribution in [2.24, 2.45) is 0 Å². The third-order valence-electron chi connectivity index (χ3n) is 2.53. The number of nitrogen functional groups attached to an aromatic ring is 1. The molecular weight excluding hydrogens is 218 g/mol. The first-order valence-corrected chi connectivity index (χ1v) is 5.43. The molecule has 0 atom stereocenters. The van der Waals surface area contributed by atoms with Crippen molar-refractivity contribution in [1.82, 2.24) is 10.2 Å². The standard InChI is InChI=1S/C12H19N3O2/c1-14-6-7-15(2)12(16)10-8-9(17-3)4-5-11(10)13/h4-5,8,14H,6-7,13H2,1-3H3. The lowest BCUT2D eigenvalue weighted by atomic mass is 10.1. The van der Waals surface area contributed by atoms with Crippen molar-refractivity contribution >= 4 is 11.6 Å². The van der Waals surface area contributed by atoms with Crippen LogP contribution in [0.2, 0.25) is 0 Å². The summed E-state index contributed by atoms with van der Waals surface area (Å²) in [7, 11) is 5.15. The maximum absolute atomic E-state index is 12.1. The Bertz CT molecular complexity index is 393. The molecular formula is C12H19N3O2. The molecule has 0 unspecified atom stereocenters. The summed E-state index contributed by atoms with van der Waals surface area (Å²) in [5.74, 6) is 0.529. The van der Waals surface area contributed by atoms with Crippen LogP contribution in [0.4, 0.5) is 5.69 Å². The predicted molar refractivity (Wildman–Crippen MR) is 68.3 cm³/mol. The van der Waals surface area contributed by atoms with E-state index in [4.69, 9.17) is 10.5 Å². The van der Waals surface area contributed by atoms with Crippen LogP contribution in [-0.4, -0.2) is 45.1 Å². The molecule has 1 aromatic carbocycles. The highest BCUT2D eigenvalue weighted by atomic mass is 16.5. The summed E-state index contributed by atoms with van der Waals surface area (Å²) in [5, 5.41) is 2.99. The number of methoxy groups -OCH3 is 1. The number of nitrogens with zero attached hydrogens (tertiary/aromatic N) is 1. The second-order valence-electron chi connectivity index (χ2n) is 3.78. The molecule has 0 heterocycles. The molecule has 0 aliphatic heterocycles. The van der Waals surface area contributed by atoms with Crippen LogP contribution in [0.15, 0.2) is 18.2 Å². The Morgan fingerprint density at radius 1 is 1.53 bits per heavy atom. The lowest BCUT2D eigenvalue weighted by molar-refractivity contribution is 0.0797. The van der Waals surface area contributed by atoms with E-state index in [1.165, 1.54) is 0 Å². The first-order chi connectivity index (χ1) is 8.10. The van der Waals surface area contributed by atoms with Crippen molar-refractivity contribution in [3.05, 3.63) is 23.8 Å². The first kappa shape index (κ1) is 13.3. The molecule has 0 radical (unpaired) electrons. The molecule has 0 saturated heterocycles. The van der Waals surface area contributed by atoms with Crippen molar-refractivity contribution in [2.75, 3.05) is 40.0 Å². The van der Waals surface area contributed by atoms with Gasteiger partial charge in [-0.3, -0.25) is 4.79 Å². The smallest absolute Gasteiger partial charge is 0.255 e. The van der Waals surface area contributed by atoms with Crippen molar-refractivity contribution in [3.8, 4) is 5.75 Å². The van der Waals surface area contributed by atoms with Crippen LogP contribution in [0.25, 0.3) is 0 Å². The maximum Gasteiger partial charge on any atom is 0.255 e. The van der Waals surface area contributed by atoms with Gasteiger partial charge >= 0.3 is 0 Å². The number of nitrogens with two attached hydrogens (primary N) is 1. The largest absolute Gasteiger partial charge is 0.497 e. The Morgan fingerprint density at radius 2 is 2.24 bits per heavy atom. The van der Waals surface area contributed by atoms with Gasteiger partial charge in [0.05, 0.1) is 12.7 Å². The highest BCUT2D eigenvalue weighted by molar-refractivity contribution is 5.99. The zero-order chi connectivity index (χ0) is 12.8. The van der Waals surface area contributed by atoms with Gasteiger partial charge in [-0.05, 0) is 25.2 Å². The summed E-state index contributed by atoms with van der Waals surface area (Å²) >= 11 is 0. The van der Waals surface area contributed by atoms with Crippen molar-refractivity contribution < 1.29 is 9.53 Å². The van der Waals surface area contributed by atoms with Gasteiger partial charge in [-0.15, -0.1) is 0 Å². The molecule has 0 aliphatic carbocycles. The zero-order valence-electron chi connectivity index (χ0n) is 10.5. The normalized spacial score (nSPS) is 10.1. The van der Waals surface area contributed by atoms with Crippen LogP contribution in [0.5, 0.6) is 5.75 Å². The van der Waals surface area contributed by atoms with Gasteiger partial charge in [0.1, 0.15) is 5.75 Å². The molecule has 0 fully saturated rings. The summed E-state index contributed by atoms with van der Waals surface area (Å²) in [6.07, 6.45) is 0. The number of hydrogen-bond acceptors (Lipinski definition) is 4. The van der Waals surface area contributed by atoms with Gasteiger partial charge in [0.25, 0.3) is 5.91 Å². The van der Waals surface area contributed by atoms with E-state index in [1.54, 1.807) is 37.3 Å². The highest BCUT2D eigenvalue weighted by Crippen LogP contribution is 2.20. The van der Waals surface area contributed by atoms with Crippen LogP contribution in [0.1, 0.15) is 10.4 Å². The fourth-order valence-electron chi connectivity index (χ4n) is 1.43. The molecule has 0 aromatic heterocycles. The second kappa shape index (κ2) is 6.10. The third-order valence-corrected chi connectivity index (χ3v) is 2.53. The van der Waals surface area contributed by atoms with Gasteiger partial charge in [-0.25, -0.2) is 0 Å². The van der Waals surface area contributed by atoms with E-state index >= 15 is 0 Å². The van der Waals surface area contributed by atoms with E-state index in [0.29, 0.717) is 23.5 Å². The molecule has 1 rings (SSSR count). The molecule has 1 amide bonds. The lowest BCUT2D eigenvalue weighted by Crippen LogP contribution is -2.33. The van der Waals surface area contributed by atoms with E-state index in [-0.39, 0.29) is 5.91 Å². The predicted octanol–water partition coefficient (Wildman–Crippen LogP) is 0.569. The monoisotopic (exact) mass is 237 g/mol. The van der Waals surface area contributed by atoms with Gasteiger partial charge in [-0.1, -0.05) is 0 Å². The van der Waals surface area contributed by atoms with Crippen LogP contribution in [-0.2, 0) is 0 Å². The van der Waals surface area contributed by atoms with Gasteiger partial charge in [0, 0.05) is 25.8 Å². The Balaban J connectivity index is 2.87. The number of rotatable bonds is 5. The molecule has 0 spiro atoms. The summed E-state index contributed by atoms with van der Waals surface area (Å²) in [5.41, 5.74) is 6.73. The molecule has 0 saturated carbocycles. The third kappa shape index (κ3) is 3.35. The Kier molecular flexibility index (Phi) is 4.78. The molecule has 94 valence electrons. The number of likely N-dealkylation sites (N-methyl/N-ethyl adjacent to an activating group) is 2. The van der Waals surface area contributed by atoms with Gasteiger partial charge < -0.3 is 20.7 Å². The first-order valence-electron chi connectivity index (χ1n) is 5.43. The Hall–Kier alpha value is -1.75. The number of anilines is 1. The second-order valence-corrected chi connectivity index (χ2v) is 3.78. The number of hydrogen-bond donors (Lipinski definition) is 2. The minimum Gasteiger partial charge on any atom is -0.497 e. The van der Waals surface area contributed by atoms with Gasteiger partial charge in [0.15, 0.2) is 0 Å². The quantitative estimate of drug-likeness (QED) is 0.735. The fraction of sp³-hybridized carbons (Fsp3) is 0.417. The van der Waals surface area contributed by atoms with Crippen LogP contribution in [0.3, 0.4) is 0 Å². The van der Waals surface area contributed by atoms with E-state index in [2.05, 4.69) is 5.32 Å². The molecule has 0 bridgehead atoms. The molecule has 3 N–H and O–H groups in total. The summed E-state index contributed by atoms with van der Waals surface area (Å²) < 4.78 is 5.08. The van der Waals surface area contributed by atoms with Crippen LogP contribution in [0, 0.1) is 0 Å². The number of ether oxygens (including phenoxy) is 1. The average molecular weight is 237 g/mol. The van der Waals surface area contributed by atoms with Crippen LogP contribution >= 0.6 is 0 Å². The van der Waals surface area contributed by atoms with E-state index in [1.807, 2.05) is 7.05 Å². The summed E-state index contributed by atoms with van der Waals surface area (Å²) in [4.78, 5) is 13.7. The summed E-state index contributed by atoms with van der Waals surface area (Å²) in [6.45, 7) is 1.37. The van der Waals surface area contributed by atoms with E-state index < -0.39 is 0 Å². The number of amides is 1. The van der Waals surface area contributed by atoms with Crippen molar-refractivity contribution in [1.29, 1.82) is 0 Å². The SMILES string of the molecule is CNCCN(C)C(=O)c1cc(OC)ccc1N. The minimum atomic E-state index is -0.100. The zero-order valence-corrected chi connectivity index (χ0v) is 10.5. The molecule has 17 heavy (non-hydrogen) atoms. The number of nitrogens with one attached hydrogen (secondary N) is 1. The van der Waals surface area contributed by atoms with Crippen molar-refractivity contribution in [2.45, 2.75) is 0 Å². The number of carbonyl (C=O) groups excluding carboxylic acids is 1. The number of carbonyl (C=O) groups is 1. The Morgan fingerprint density at radius 3 is 2.82 bits per heavy atom. The Labute approximate surface area is 102 Å². The van der Waals surface area contributed by atoms with E-state index in [0.717, 1.165) is 6.54 Å². The number of benzene rings is 1. The molecule has 1 aromatic rings. The molecule has 5 nitrogen and oxygen atoms in total. The van der Waals surface area contributed by atoms with E-state index in [9.17, 15) is 4.79 Å². The lowest BCUT2D eigenvalue weighted by Gasteiger charge is -2.18. The highest BCUT2D eigenvalue weighted by Gasteiger charge is 2.15. The fourth-order valence-corrected chi connectivity index (χ4v) is 1.43. The average Bonchev–Trinajstić information content (AvgIpc) is 2.35. The maximum atomic E-state index is 12.1. The van der Waals surface area contributed by atoms with Crippen LogP contribution < -0.4 is 15.8 Å². The topological polar surface area (TPSA) is 67.6 Å². The van der Waals surface area contributed by atoms with Gasteiger partial charge in [-0.2, -0.15) is 0 Å². The molecule has 0 aliphatic rings. The minimum absolute atomic E-state index is 0.100. The van der Waals surface area contributed by atoms with Crippen molar-refractivity contribution in [3.63, 3.8) is 0 Å². The summed E-state index contributed by atoms with van der Waals surface area (Å²) in [6, 6.07) is 5.07. The molecule has 5 heteroatoms.